The predicted octanol–water partition coefficient (Wildman–Crippen LogP) is 0.310. The Morgan fingerprint density at radius 1 is 1.67 bits per heavy atom. The number of ether oxygens (including phenoxy) is 1. The van der Waals surface area contributed by atoms with E-state index in [-0.39, 0.29) is 12.3 Å². The molecule has 0 amide bonds. The van der Waals surface area contributed by atoms with Crippen LogP contribution in [-0.2, 0) is 16.1 Å². The summed E-state index contributed by atoms with van der Waals surface area (Å²) < 4.78 is 6.09. The summed E-state index contributed by atoms with van der Waals surface area (Å²) in [5, 5.41) is 12.3. The molecule has 1 rings (SSSR count). The van der Waals surface area contributed by atoms with Crippen LogP contribution in [0.15, 0.2) is 24.9 Å². The molecule has 1 N–H and O–H groups in total. The van der Waals surface area contributed by atoms with E-state index in [1.54, 1.807) is 0 Å². The van der Waals surface area contributed by atoms with Crippen molar-refractivity contribution >= 4 is 11.9 Å². The minimum Gasteiger partial charge on any atom is -0.476 e. The lowest BCUT2D eigenvalue weighted by Crippen LogP contribution is -2.10. The third-order valence-corrected chi connectivity index (χ3v) is 1.59. The number of nitrogens with zero attached hydrogens (tertiary/aromatic N) is 2. The number of esters is 1. The highest BCUT2D eigenvalue weighted by molar-refractivity contribution is 5.85. The van der Waals surface area contributed by atoms with Crippen molar-refractivity contribution in [2.45, 2.75) is 6.54 Å². The maximum absolute atomic E-state index is 10.7. The fourth-order valence-electron chi connectivity index (χ4n) is 0.899. The normalized spacial score (nSPS) is 9.60. The molecule has 0 saturated heterocycles. The Morgan fingerprint density at radius 2 is 2.40 bits per heavy atom. The Labute approximate surface area is 85.8 Å². The number of carboxylic acid groups (broad SMARTS) is 1. The molecule has 0 saturated carbocycles. The first-order chi connectivity index (χ1) is 7.13. The van der Waals surface area contributed by atoms with Gasteiger partial charge in [0, 0.05) is 12.3 Å². The summed E-state index contributed by atoms with van der Waals surface area (Å²) in [6.45, 7) is 3.68. The summed E-state index contributed by atoms with van der Waals surface area (Å²) in [7, 11) is 0. The summed E-state index contributed by atoms with van der Waals surface area (Å²) in [5.41, 5.74) is -0.0370. The molecule has 0 aliphatic heterocycles. The first kappa shape index (κ1) is 11.0. The lowest BCUT2D eigenvalue weighted by atomic mass is 10.5. The van der Waals surface area contributed by atoms with Gasteiger partial charge < -0.3 is 9.84 Å². The Kier molecular flexibility index (Phi) is 3.61. The van der Waals surface area contributed by atoms with E-state index >= 15 is 0 Å². The maximum atomic E-state index is 10.7. The average molecular weight is 210 g/mol. The van der Waals surface area contributed by atoms with Crippen molar-refractivity contribution in [1.82, 2.24) is 9.78 Å². The van der Waals surface area contributed by atoms with Crippen molar-refractivity contribution < 1.29 is 19.4 Å². The first-order valence-electron chi connectivity index (χ1n) is 4.19. The van der Waals surface area contributed by atoms with Crippen LogP contribution in [-0.4, -0.2) is 33.4 Å². The van der Waals surface area contributed by atoms with Crippen LogP contribution >= 0.6 is 0 Å². The molecule has 6 nitrogen and oxygen atoms in total. The van der Waals surface area contributed by atoms with Crippen LogP contribution in [0.3, 0.4) is 0 Å². The van der Waals surface area contributed by atoms with E-state index in [9.17, 15) is 9.59 Å². The molecule has 1 heterocycles. The number of carboxylic acids is 1. The average Bonchev–Trinajstić information content (AvgIpc) is 2.66. The number of aromatic nitrogens is 2. The molecular formula is C9H10N2O4. The molecular weight excluding hydrogens is 200 g/mol. The molecule has 6 heteroatoms. The Hall–Kier alpha value is -2.11. The van der Waals surface area contributed by atoms with Gasteiger partial charge in [-0.1, -0.05) is 6.58 Å². The summed E-state index contributed by atoms with van der Waals surface area (Å²) in [6, 6.07) is 1.37. The monoisotopic (exact) mass is 210 g/mol. The molecule has 15 heavy (non-hydrogen) atoms. The molecule has 1 aromatic heterocycles. The maximum Gasteiger partial charge on any atom is 0.356 e. The standard InChI is InChI=1S/C9H10N2O4/c1-2-8(12)15-6-5-11-4-3-7(10-11)9(13)14/h2-4H,1,5-6H2,(H,13,14). The van der Waals surface area contributed by atoms with Gasteiger partial charge in [0.25, 0.3) is 0 Å². The zero-order valence-corrected chi connectivity index (χ0v) is 7.92. The Balaban J connectivity index is 2.41. The van der Waals surface area contributed by atoms with Crippen LogP contribution in [0.4, 0.5) is 0 Å². The van der Waals surface area contributed by atoms with Gasteiger partial charge in [0.05, 0.1) is 6.54 Å². The van der Waals surface area contributed by atoms with Crippen molar-refractivity contribution in [2.24, 2.45) is 0 Å². The molecule has 0 atom stereocenters. The molecule has 80 valence electrons. The predicted molar refractivity (Wildman–Crippen MR) is 50.3 cm³/mol. The van der Waals surface area contributed by atoms with Crippen molar-refractivity contribution in [3.8, 4) is 0 Å². The minimum atomic E-state index is -1.09. The topological polar surface area (TPSA) is 81.4 Å². The van der Waals surface area contributed by atoms with Crippen molar-refractivity contribution in [2.75, 3.05) is 6.61 Å². The zero-order chi connectivity index (χ0) is 11.3. The molecule has 0 bridgehead atoms. The van der Waals surface area contributed by atoms with E-state index < -0.39 is 11.9 Å². The van der Waals surface area contributed by atoms with Crippen LogP contribution in [0.25, 0.3) is 0 Å². The van der Waals surface area contributed by atoms with Crippen molar-refractivity contribution in [3.63, 3.8) is 0 Å². The molecule has 0 aromatic carbocycles. The highest BCUT2D eigenvalue weighted by atomic mass is 16.5. The highest BCUT2D eigenvalue weighted by Crippen LogP contribution is 1.95. The van der Waals surface area contributed by atoms with Gasteiger partial charge in [0.2, 0.25) is 0 Å². The van der Waals surface area contributed by atoms with Crippen LogP contribution in [0, 0.1) is 0 Å². The summed E-state index contributed by atoms with van der Waals surface area (Å²) >= 11 is 0. The number of rotatable bonds is 5. The Bertz CT molecular complexity index is 383. The van der Waals surface area contributed by atoms with E-state index in [2.05, 4.69) is 11.7 Å². The molecule has 0 unspecified atom stereocenters. The van der Waals surface area contributed by atoms with Crippen LogP contribution < -0.4 is 0 Å². The summed E-state index contributed by atoms with van der Waals surface area (Å²) in [5.74, 6) is -1.60. The largest absolute Gasteiger partial charge is 0.476 e. The van der Waals surface area contributed by atoms with Crippen molar-refractivity contribution in [1.29, 1.82) is 0 Å². The van der Waals surface area contributed by atoms with Gasteiger partial charge in [-0.2, -0.15) is 5.10 Å². The second-order valence-electron chi connectivity index (χ2n) is 2.64. The van der Waals surface area contributed by atoms with Gasteiger partial charge in [0.1, 0.15) is 6.61 Å². The molecule has 0 spiro atoms. The fraction of sp³-hybridized carbons (Fsp3) is 0.222. The number of hydrogen-bond donors (Lipinski definition) is 1. The van der Waals surface area contributed by atoms with E-state index in [0.29, 0.717) is 6.54 Å². The minimum absolute atomic E-state index is 0.0370. The molecule has 0 aliphatic rings. The quantitative estimate of drug-likeness (QED) is 0.558. The number of aromatic carboxylic acids is 1. The molecule has 0 aliphatic carbocycles. The second kappa shape index (κ2) is 4.94. The van der Waals surface area contributed by atoms with E-state index in [1.165, 1.54) is 16.9 Å². The number of carbonyl (C=O) groups excluding carboxylic acids is 1. The zero-order valence-electron chi connectivity index (χ0n) is 7.92. The van der Waals surface area contributed by atoms with Crippen LogP contribution in [0.2, 0.25) is 0 Å². The SMILES string of the molecule is C=CC(=O)OCCn1ccc(C(=O)O)n1. The third kappa shape index (κ3) is 3.26. The molecule has 0 radical (unpaired) electrons. The van der Waals surface area contributed by atoms with Crippen LogP contribution in [0.1, 0.15) is 10.5 Å². The van der Waals surface area contributed by atoms with Gasteiger partial charge in [-0.05, 0) is 6.07 Å². The van der Waals surface area contributed by atoms with Gasteiger partial charge in [-0.15, -0.1) is 0 Å². The third-order valence-electron chi connectivity index (χ3n) is 1.59. The Morgan fingerprint density at radius 3 is 2.93 bits per heavy atom. The van der Waals surface area contributed by atoms with E-state index in [0.717, 1.165) is 6.08 Å². The van der Waals surface area contributed by atoms with Gasteiger partial charge in [-0.25, -0.2) is 9.59 Å². The summed E-state index contributed by atoms with van der Waals surface area (Å²) in [4.78, 5) is 21.1. The van der Waals surface area contributed by atoms with Crippen molar-refractivity contribution in [3.05, 3.63) is 30.6 Å². The second-order valence-corrected chi connectivity index (χ2v) is 2.64. The van der Waals surface area contributed by atoms with Crippen LogP contribution in [0.5, 0.6) is 0 Å². The smallest absolute Gasteiger partial charge is 0.356 e. The highest BCUT2D eigenvalue weighted by Gasteiger charge is 2.06. The first-order valence-corrected chi connectivity index (χ1v) is 4.19. The lowest BCUT2D eigenvalue weighted by molar-refractivity contribution is -0.138. The van der Waals surface area contributed by atoms with Gasteiger partial charge >= 0.3 is 11.9 Å². The molecule has 0 fully saturated rings. The van der Waals surface area contributed by atoms with E-state index in [4.69, 9.17) is 9.84 Å². The fourth-order valence-corrected chi connectivity index (χ4v) is 0.899. The van der Waals surface area contributed by atoms with Gasteiger partial charge in [0.15, 0.2) is 5.69 Å². The van der Waals surface area contributed by atoms with Gasteiger partial charge in [-0.3, -0.25) is 4.68 Å². The number of hydrogen-bond acceptors (Lipinski definition) is 4. The molecule has 1 aromatic rings. The lowest BCUT2D eigenvalue weighted by Gasteiger charge is -2.01. The summed E-state index contributed by atoms with van der Waals surface area (Å²) in [6.07, 6.45) is 2.57. The van der Waals surface area contributed by atoms with E-state index in [1.807, 2.05) is 0 Å². The number of carbonyl (C=O) groups is 2.